The maximum absolute atomic E-state index is 13.6. The Labute approximate surface area is 219 Å². The molecule has 0 spiro atoms. The molecule has 9 heteroatoms. The zero-order valence-corrected chi connectivity index (χ0v) is 20.9. The number of carbonyl (C=O) groups is 2. The van der Waals surface area contributed by atoms with Crippen LogP contribution in [0, 0.1) is 5.82 Å². The fourth-order valence-electron chi connectivity index (χ4n) is 4.52. The minimum Gasteiger partial charge on any atom is -0.497 e. The first kappa shape index (κ1) is 25.0. The Bertz CT molecular complexity index is 1450. The quantitative estimate of drug-likeness (QED) is 0.366. The van der Waals surface area contributed by atoms with Gasteiger partial charge in [-0.2, -0.15) is 0 Å². The maximum Gasteiger partial charge on any atom is 0.277 e. The second-order valence-corrected chi connectivity index (χ2v) is 8.87. The van der Waals surface area contributed by atoms with Gasteiger partial charge in [-0.15, -0.1) is 0 Å². The molecule has 1 aliphatic rings. The Kier molecular flexibility index (Phi) is 7.08. The highest BCUT2D eigenvalue weighted by molar-refractivity contribution is 6.02. The second kappa shape index (κ2) is 10.8. The van der Waals surface area contributed by atoms with Gasteiger partial charge < -0.3 is 24.1 Å². The van der Waals surface area contributed by atoms with Gasteiger partial charge in [-0.3, -0.25) is 9.59 Å². The average Bonchev–Trinajstić information content (AvgIpc) is 3.41. The molecule has 2 heterocycles. The number of nitrogens with one attached hydrogen (secondary N) is 1. The number of ether oxygens (including phenoxy) is 2. The van der Waals surface area contributed by atoms with Crippen molar-refractivity contribution < 1.29 is 27.9 Å². The molecular formula is C29H26FN3O5. The highest BCUT2D eigenvalue weighted by Crippen LogP contribution is 2.37. The number of amides is 2. The number of carbonyl (C=O) groups excluding carboxylic acids is 2. The van der Waals surface area contributed by atoms with E-state index >= 15 is 0 Å². The van der Waals surface area contributed by atoms with Gasteiger partial charge in [0.1, 0.15) is 23.6 Å². The average molecular weight is 516 g/mol. The van der Waals surface area contributed by atoms with Crippen molar-refractivity contribution in [3.05, 3.63) is 107 Å². The van der Waals surface area contributed by atoms with Crippen molar-refractivity contribution in [3.63, 3.8) is 0 Å². The molecule has 1 aromatic heterocycles. The number of hydrogen-bond donors (Lipinski definition) is 1. The molecule has 4 aromatic rings. The Hall–Kier alpha value is -4.66. The van der Waals surface area contributed by atoms with Crippen molar-refractivity contribution in [3.8, 4) is 11.5 Å². The molecule has 0 fully saturated rings. The molecular weight excluding hydrogens is 489 g/mol. The van der Waals surface area contributed by atoms with E-state index in [1.807, 2.05) is 18.2 Å². The highest BCUT2D eigenvalue weighted by atomic mass is 19.1. The molecule has 1 aliphatic heterocycles. The van der Waals surface area contributed by atoms with E-state index in [1.165, 1.54) is 25.3 Å². The standard InChI is InChI=1S/C29H26FN3O5/c1-18(34)33-14-13-19-5-10-24(15-25(19)28(33)20-3-6-21(30)7-4-20)37-17-27-32-26(16-38-27)29(35)31-22-8-11-23(36-2)12-9-22/h3-12,15-16,28H,13-14,17H2,1-2H3,(H,31,35). The van der Waals surface area contributed by atoms with Gasteiger partial charge in [-0.1, -0.05) is 18.2 Å². The molecule has 194 valence electrons. The first-order valence-corrected chi connectivity index (χ1v) is 12.1. The summed E-state index contributed by atoms with van der Waals surface area (Å²) >= 11 is 0. The first-order chi connectivity index (χ1) is 18.4. The fraction of sp³-hybridized carbons (Fsp3) is 0.207. The van der Waals surface area contributed by atoms with E-state index in [9.17, 15) is 14.0 Å². The van der Waals surface area contributed by atoms with Crippen LogP contribution in [0.4, 0.5) is 10.1 Å². The lowest BCUT2D eigenvalue weighted by atomic mass is 9.88. The van der Waals surface area contributed by atoms with Crippen LogP contribution in [0.3, 0.4) is 0 Å². The summed E-state index contributed by atoms with van der Waals surface area (Å²) in [5, 5.41) is 2.75. The van der Waals surface area contributed by atoms with Crippen molar-refractivity contribution in [1.29, 1.82) is 0 Å². The zero-order chi connectivity index (χ0) is 26.6. The van der Waals surface area contributed by atoms with Crippen LogP contribution in [0.25, 0.3) is 0 Å². The molecule has 0 saturated carbocycles. The van der Waals surface area contributed by atoms with E-state index in [2.05, 4.69) is 10.3 Å². The van der Waals surface area contributed by atoms with Gasteiger partial charge in [0, 0.05) is 19.2 Å². The van der Waals surface area contributed by atoms with Crippen molar-refractivity contribution in [2.24, 2.45) is 0 Å². The number of nitrogens with zero attached hydrogens (tertiary/aromatic N) is 2. The maximum atomic E-state index is 13.6. The van der Waals surface area contributed by atoms with Crippen LogP contribution in [-0.4, -0.2) is 35.4 Å². The minimum atomic E-state index is -0.412. The number of benzene rings is 3. The van der Waals surface area contributed by atoms with Crippen LogP contribution in [0.1, 0.15) is 46.0 Å². The monoisotopic (exact) mass is 515 g/mol. The number of oxazole rings is 1. The third-order valence-electron chi connectivity index (χ3n) is 6.43. The zero-order valence-electron chi connectivity index (χ0n) is 20.9. The molecule has 0 saturated heterocycles. The number of halogens is 1. The summed E-state index contributed by atoms with van der Waals surface area (Å²) in [6.45, 7) is 2.11. The van der Waals surface area contributed by atoms with Crippen molar-refractivity contribution in [2.45, 2.75) is 26.0 Å². The van der Waals surface area contributed by atoms with Gasteiger partial charge in [-0.25, -0.2) is 9.37 Å². The SMILES string of the molecule is COc1ccc(NC(=O)c2coc(COc3ccc4c(c3)C(c3ccc(F)cc3)N(C(C)=O)CC4)n2)cc1. The third-order valence-corrected chi connectivity index (χ3v) is 6.43. The summed E-state index contributed by atoms with van der Waals surface area (Å²) < 4.78 is 30.1. The lowest BCUT2D eigenvalue weighted by Crippen LogP contribution is -2.39. The Morgan fingerprint density at radius 2 is 1.82 bits per heavy atom. The number of rotatable bonds is 7. The molecule has 5 rings (SSSR count). The summed E-state index contributed by atoms with van der Waals surface area (Å²) in [7, 11) is 1.57. The number of hydrogen-bond acceptors (Lipinski definition) is 6. The smallest absolute Gasteiger partial charge is 0.277 e. The van der Waals surface area contributed by atoms with Gasteiger partial charge in [0.25, 0.3) is 5.91 Å². The van der Waals surface area contributed by atoms with E-state index in [0.717, 1.165) is 16.7 Å². The normalized spacial score (nSPS) is 14.5. The number of methoxy groups -OCH3 is 1. The number of anilines is 1. The van der Waals surface area contributed by atoms with Crippen LogP contribution < -0.4 is 14.8 Å². The van der Waals surface area contributed by atoms with Crippen LogP contribution in [0.2, 0.25) is 0 Å². The molecule has 2 amide bonds. The first-order valence-electron chi connectivity index (χ1n) is 12.1. The Morgan fingerprint density at radius 1 is 1.08 bits per heavy atom. The summed E-state index contributed by atoms with van der Waals surface area (Å²) in [6, 6.07) is 18.5. The summed E-state index contributed by atoms with van der Waals surface area (Å²) in [5.41, 5.74) is 3.56. The fourth-order valence-corrected chi connectivity index (χ4v) is 4.52. The second-order valence-electron chi connectivity index (χ2n) is 8.87. The lowest BCUT2D eigenvalue weighted by Gasteiger charge is -2.37. The molecule has 0 aliphatic carbocycles. The molecule has 1 N–H and O–H groups in total. The largest absolute Gasteiger partial charge is 0.497 e. The number of aromatic nitrogens is 1. The van der Waals surface area contributed by atoms with Gasteiger partial charge in [0.2, 0.25) is 11.8 Å². The molecule has 1 atom stereocenters. The summed E-state index contributed by atoms with van der Waals surface area (Å²) in [5.74, 6) is 0.678. The lowest BCUT2D eigenvalue weighted by molar-refractivity contribution is -0.130. The highest BCUT2D eigenvalue weighted by Gasteiger charge is 2.31. The molecule has 8 nitrogen and oxygen atoms in total. The third kappa shape index (κ3) is 5.36. The Morgan fingerprint density at radius 3 is 2.53 bits per heavy atom. The van der Waals surface area contributed by atoms with Crippen LogP contribution in [0.15, 0.2) is 77.4 Å². The van der Waals surface area contributed by atoms with Crippen LogP contribution >= 0.6 is 0 Å². The van der Waals surface area contributed by atoms with E-state index in [0.29, 0.717) is 30.2 Å². The molecule has 38 heavy (non-hydrogen) atoms. The predicted octanol–water partition coefficient (Wildman–Crippen LogP) is 5.15. The van der Waals surface area contributed by atoms with Gasteiger partial charge in [-0.05, 0) is 71.6 Å². The van der Waals surface area contributed by atoms with E-state index in [-0.39, 0.29) is 36.0 Å². The van der Waals surface area contributed by atoms with Crippen molar-refractivity contribution in [2.75, 3.05) is 19.0 Å². The van der Waals surface area contributed by atoms with Gasteiger partial charge in [0.15, 0.2) is 12.3 Å². The predicted molar refractivity (Wildman–Crippen MR) is 138 cm³/mol. The summed E-state index contributed by atoms with van der Waals surface area (Å²) in [4.78, 5) is 31.0. The molecule has 0 radical (unpaired) electrons. The van der Waals surface area contributed by atoms with Crippen LogP contribution in [-0.2, 0) is 17.8 Å². The minimum absolute atomic E-state index is 0.00619. The van der Waals surface area contributed by atoms with E-state index in [1.54, 1.807) is 48.4 Å². The van der Waals surface area contributed by atoms with Gasteiger partial charge in [0.05, 0.1) is 13.2 Å². The topological polar surface area (TPSA) is 93.9 Å². The van der Waals surface area contributed by atoms with Gasteiger partial charge >= 0.3 is 0 Å². The number of fused-ring (bicyclic) bond motifs is 1. The van der Waals surface area contributed by atoms with Crippen molar-refractivity contribution in [1.82, 2.24) is 9.88 Å². The van der Waals surface area contributed by atoms with E-state index in [4.69, 9.17) is 13.9 Å². The molecule has 1 unspecified atom stereocenters. The van der Waals surface area contributed by atoms with Crippen LogP contribution in [0.5, 0.6) is 11.5 Å². The van der Waals surface area contributed by atoms with E-state index < -0.39 is 5.91 Å². The molecule has 0 bridgehead atoms. The van der Waals surface area contributed by atoms with Crippen molar-refractivity contribution >= 4 is 17.5 Å². The Balaban J connectivity index is 1.30. The summed E-state index contributed by atoms with van der Waals surface area (Å²) in [6.07, 6.45) is 1.99. The molecule has 3 aromatic carbocycles.